The lowest BCUT2D eigenvalue weighted by atomic mass is 9.96. The van der Waals surface area contributed by atoms with E-state index in [9.17, 15) is 0 Å². The highest BCUT2D eigenvalue weighted by molar-refractivity contribution is 9.10. The zero-order chi connectivity index (χ0) is 26.2. The van der Waals surface area contributed by atoms with Gasteiger partial charge in [0.15, 0.2) is 5.11 Å². The fraction of sp³-hybridized carbons (Fsp3) is 0.290. The maximum absolute atomic E-state index is 6.24. The van der Waals surface area contributed by atoms with Gasteiger partial charge in [0, 0.05) is 27.7 Å². The smallest absolute Gasteiger partial charge is 0.174 e. The summed E-state index contributed by atoms with van der Waals surface area (Å²) in [5.74, 6) is 0.920. The Bertz CT molecular complexity index is 1450. The molecule has 5 nitrogen and oxygen atoms in total. The minimum absolute atomic E-state index is 0.0681. The van der Waals surface area contributed by atoms with Crippen LogP contribution in [0.25, 0.3) is 5.69 Å². The minimum atomic E-state index is -0.0914. The van der Waals surface area contributed by atoms with Gasteiger partial charge in [0.1, 0.15) is 5.75 Å². The quantitative estimate of drug-likeness (QED) is 0.234. The van der Waals surface area contributed by atoms with E-state index in [4.69, 9.17) is 21.9 Å². The van der Waals surface area contributed by atoms with Crippen molar-refractivity contribution in [1.82, 2.24) is 14.9 Å². The van der Waals surface area contributed by atoms with Crippen LogP contribution in [0.5, 0.6) is 5.75 Å². The molecule has 2 unspecified atom stereocenters. The van der Waals surface area contributed by atoms with Crippen LogP contribution in [0, 0.1) is 13.8 Å². The molecule has 38 heavy (non-hydrogen) atoms. The molecule has 194 valence electrons. The van der Waals surface area contributed by atoms with Gasteiger partial charge in [-0.3, -0.25) is 4.98 Å². The molecule has 6 rings (SSSR count). The lowest BCUT2D eigenvalue weighted by Gasteiger charge is -2.28. The van der Waals surface area contributed by atoms with Crippen molar-refractivity contribution in [2.75, 3.05) is 4.90 Å². The molecule has 4 aromatic rings. The Morgan fingerprint density at radius 1 is 0.974 bits per heavy atom. The first-order valence-electron chi connectivity index (χ1n) is 13.2. The van der Waals surface area contributed by atoms with E-state index in [2.05, 4.69) is 99.2 Å². The number of rotatable bonds is 6. The summed E-state index contributed by atoms with van der Waals surface area (Å²) in [5.41, 5.74) is 6.69. The predicted octanol–water partition coefficient (Wildman–Crippen LogP) is 7.75. The van der Waals surface area contributed by atoms with Gasteiger partial charge in [-0.2, -0.15) is 0 Å². The molecule has 2 atom stereocenters. The molecule has 3 heterocycles. The van der Waals surface area contributed by atoms with E-state index in [-0.39, 0.29) is 12.1 Å². The fourth-order valence-corrected chi connectivity index (χ4v) is 6.73. The third-order valence-electron chi connectivity index (χ3n) is 7.70. The van der Waals surface area contributed by atoms with E-state index >= 15 is 0 Å². The third kappa shape index (κ3) is 4.63. The molecule has 2 aromatic carbocycles. The highest BCUT2D eigenvalue weighted by Gasteiger charge is 2.42. The van der Waals surface area contributed by atoms with Crippen LogP contribution in [0.2, 0.25) is 0 Å². The molecule has 2 fully saturated rings. The molecule has 1 aliphatic carbocycles. The average Bonchev–Trinajstić information content (AvgIpc) is 3.63. The van der Waals surface area contributed by atoms with Crippen LogP contribution in [0.15, 0.2) is 83.5 Å². The number of benzene rings is 2. The van der Waals surface area contributed by atoms with Crippen molar-refractivity contribution in [2.45, 2.75) is 57.7 Å². The summed E-state index contributed by atoms with van der Waals surface area (Å²) in [6.07, 6.45) is 6.97. The Balaban J connectivity index is 1.42. The number of pyridine rings is 1. The number of aromatic nitrogens is 2. The number of hydrogen-bond acceptors (Lipinski definition) is 3. The monoisotopic (exact) mass is 586 g/mol. The number of thiocarbonyl (C=S) groups is 1. The van der Waals surface area contributed by atoms with Crippen molar-refractivity contribution in [3.63, 3.8) is 0 Å². The molecule has 0 bridgehead atoms. The summed E-state index contributed by atoms with van der Waals surface area (Å²) >= 11 is 9.72. The highest BCUT2D eigenvalue weighted by Crippen LogP contribution is 2.44. The second-order valence-corrected chi connectivity index (χ2v) is 11.4. The molecule has 0 radical (unpaired) electrons. The molecule has 1 aliphatic heterocycles. The second kappa shape index (κ2) is 10.5. The first-order valence-corrected chi connectivity index (χ1v) is 14.4. The number of aryl methyl sites for hydroxylation is 1. The predicted molar refractivity (Wildman–Crippen MR) is 160 cm³/mol. The number of nitrogens with one attached hydrogen (secondary N) is 1. The van der Waals surface area contributed by atoms with Crippen LogP contribution in [0.4, 0.5) is 5.69 Å². The van der Waals surface area contributed by atoms with Crippen LogP contribution < -0.4 is 15.0 Å². The lowest BCUT2D eigenvalue weighted by molar-refractivity contribution is 0.210. The van der Waals surface area contributed by atoms with Crippen molar-refractivity contribution in [3.05, 3.63) is 106 Å². The largest absolute Gasteiger partial charge is 0.490 e. The van der Waals surface area contributed by atoms with Gasteiger partial charge >= 0.3 is 0 Å². The molecule has 2 aliphatic rings. The number of halogens is 1. The number of anilines is 1. The Kier molecular flexibility index (Phi) is 6.97. The van der Waals surface area contributed by atoms with Gasteiger partial charge in [-0.15, -0.1) is 0 Å². The normalized spacial score (nSPS) is 19.7. The molecule has 1 saturated carbocycles. The standard InChI is InChI=1S/C31H31BrN4OS/c1-20-19-25(21(2)35(20)28-13-6-5-11-26(28)32)30-29(27-12-7-8-18-33-27)34-31(38)36(30)22-14-16-24(17-15-22)37-23-9-3-4-10-23/h5-8,11-19,23,29-30H,3-4,9-10H2,1-2H3,(H,34,38). The van der Waals surface area contributed by atoms with Crippen molar-refractivity contribution in [3.8, 4) is 11.4 Å². The van der Waals surface area contributed by atoms with Gasteiger partial charge < -0.3 is 19.5 Å². The van der Waals surface area contributed by atoms with Crippen LogP contribution in [0.1, 0.15) is 60.4 Å². The van der Waals surface area contributed by atoms with Crippen LogP contribution >= 0.6 is 28.1 Å². The Labute approximate surface area is 238 Å². The van der Waals surface area contributed by atoms with E-state index in [1.165, 1.54) is 29.8 Å². The Morgan fingerprint density at radius 3 is 2.42 bits per heavy atom. The van der Waals surface area contributed by atoms with Gasteiger partial charge in [0.2, 0.25) is 0 Å². The maximum atomic E-state index is 6.24. The van der Waals surface area contributed by atoms with Crippen LogP contribution in [-0.2, 0) is 0 Å². The van der Waals surface area contributed by atoms with Crippen molar-refractivity contribution in [1.29, 1.82) is 0 Å². The lowest BCUT2D eigenvalue weighted by Crippen LogP contribution is -2.29. The van der Waals surface area contributed by atoms with E-state index in [1.807, 2.05) is 24.4 Å². The zero-order valence-electron chi connectivity index (χ0n) is 21.6. The molecule has 1 N–H and O–H groups in total. The molecule has 2 aromatic heterocycles. The van der Waals surface area contributed by atoms with Gasteiger partial charge in [-0.25, -0.2) is 0 Å². The number of ether oxygens (including phenoxy) is 1. The molecule has 0 spiro atoms. The third-order valence-corrected chi connectivity index (χ3v) is 8.69. The number of nitrogens with zero attached hydrogens (tertiary/aromatic N) is 3. The zero-order valence-corrected chi connectivity index (χ0v) is 24.0. The molecule has 7 heteroatoms. The van der Waals surface area contributed by atoms with E-state index in [0.29, 0.717) is 11.2 Å². The molecule has 0 amide bonds. The van der Waals surface area contributed by atoms with E-state index in [0.717, 1.165) is 40.1 Å². The Morgan fingerprint density at radius 2 is 1.71 bits per heavy atom. The van der Waals surface area contributed by atoms with E-state index < -0.39 is 0 Å². The Hall–Kier alpha value is -3.16. The van der Waals surface area contributed by atoms with Crippen LogP contribution in [0.3, 0.4) is 0 Å². The van der Waals surface area contributed by atoms with Gasteiger partial charge in [0.25, 0.3) is 0 Å². The summed E-state index contributed by atoms with van der Waals surface area (Å²) < 4.78 is 9.61. The van der Waals surface area contributed by atoms with Gasteiger partial charge in [0.05, 0.1) is 29.6 Å². The van der Waals surface area contributed by atoms with Gasteiger partial charge in [-0.1, -0.05) is 18.2 Å². The first-order chi connectivity index (χ1) is 18.5. The highest BCUT2D eigenvalue weighted by atomic mass is 79.9. The molecular weight excluding hydrogens is 556 g/mol. The van der Waals surface area contributed by atoms with E-state index in [1.54, 1.807) is 0 Å². The maximum Gasteiger partial charge on any atom is 0.174 e. The SMILES string of the molecule is Cc1cc(C2C(c3ccccn3)NC(=S)N2c2ccc(OC3CCCC3)cc2)c(C)n1-c1ccccc1Br. The van der Waals surface area contributed by atoms with Crippen molar-refractivity contribution in [2.24, 2.45) is 0 Å². The van der Waals surface area contributed by atoms with Crippen LogP contribution in [-0.4, -0.2) is 20.8 Å². The first kappa shape index (κ1) is 25.1. The summed E-state index contributed by atoms with van der Waals surface area (Å²) in [5, 5.41) is 4.29. The summed E-state index contributed by atoms with van der Waals surface area (Å²) in [7, 11) is 0. The fourth-order valence-electron chi connectivity index (χ4n) is 5.92. The topological polar surface area (TPSA) is 42.3 Å². The molecule has 1 saturated heterocycles. The number of hydrogen-bond donors (Lipinski definition) is 1. The van der Waals surface area contributed by atoms with Gasteiger partial charge in [-0.05, 0) is 128 Å². The van der Waals surface area contributed by atoms with Crippen molar-refractivity contribution < 1.29 is 4.74 Å². The minimum Gasteiger partial charge on any atom is -0.490 e. The summed E-state index contributed by atoms with van der Waals surface area (Å²) in [6.45, 7) is 4.35. The number of para-hydroxylation sites is 1. The van der Waals surface area contributed by atoms with Crippen molar-refractivity contribution >= 4 is 38.9 Å². The average molecular weight is 588 g/mol. The second-order valence-electron chi connectivity index (χ2n) is 10.1. The summed E-state index contributed by atoms with van der Waals surface area (Å²) in [4.78, 5) is 6.95. The molecular formula is C31H31BrN4OS. The summed E-state index contributed by atoms with van der Waals surface area (Å²) in [6, 6.07) is 24.9.